The van der Waals surface area contributed by atoms with Crippen LogP contribution >= 0.6 is 0 Å². The Bertz CT molecular complexity index is 803. The van der Waals surface area contributed by atoms with Crippen LogP contribution in [0.1, 0.15) is 15.9 Å². The molecule has 3 aromatic carbocycles. The summed E-state index contributed by atoms with van der Waals surface area (Å²) in [7, 11) is 1.57. The Morgan fingerprint density at radius 2 is 1.73 bits per heavy atom. The van der Waals surface area contributed by atoms with E-state index in [1.807, 2.05) is 42.5 Å². The monoisotopic (exact) mass is 292 g/mol. The molecule has 0 saturated carbocycles. The number of hydrogen-bond acceptors (Lipinski definition) is 3. The molecule has 0 saturated heterocycles. The van der Waals surface area contributed by atoms with Crippen LogP contribution in [0, 0.1) is 0 Å². The Labute approximate surface area is 129 Å². The number of ether oxygens (including phenoxy) is 2. The van der Waals surface area contributed by atoms with E-state index in [2.05, 4.69) is 0 Å². The highest BCUT2D eigenvalue weighted by Gasteiger charge is 2.09. The van der Waals surface area contributed by atoms with E-state index in [4.69, 9.17) is 9.47 Å². The van der Waals surface area contributed by atoms with Crippen LogP contribution in [0.25, 0.3) is 10.8 Å². The lowest BCUT2D eigenvalue weighted by atomic mass is 10.1. The molecule has 0 heterocycles. The van der Waals surface area contributed by atoms with Gasteiger partial charge in [-0.05, 0) is 34.5 Å². The maximum atomic E-state index is 12.1. The predicted octanol–water partition coefficient (Wildman–Crippen LogP) is 4.21. The van der Waals surface area contributed by atoms with Crippen molar-refractivity contribution >= 4 is 16.7 Å². The summed E-state index contributed by atoms with van der Waals surface area (Å²) in [4.78, 5) is 12.1. The van der Waals surface area contributed by atoms with E-state index >= 15 is 0 Å². The van der Waals surface area contributed by atoms with Gasteiger partial charge in [0.05, 0.1) is 12.7 Å². The molecule has 3 rings (SSSR count). The third-order valence-electron chi connectivity index (χ3n) is 3.54. The molecule has 0 spiro atoms. The molecular weight excluding hydrogens is 276 g/mol. The van der Waals surface area contributed by atoms with Crippen molar-refractivity contribution in [3.63, 3.8) is 0 Å². The third kappa shape index (κ3) is 2.93. The molecule has 0 fully saturated rings. The Morgan fingerprint density at radius 3 is 2.59 bits per heavy atom. The largest absolute Gasteiger partial charge is 0.497 e. The Hall–Kier alpha value is -2.81. The number of fused-ring (bicyclic) bond motifs is 1. The Morgan fingerprint density at radius 1 is 0.955 bits per heavy atom. The molecule has 0 aliphatic rings. The molecule has 0 unspecified atom stereocenters. The second-order valence-corrected chi connectivity index (χ2v) is 4.95. The molecular formula is C19H16O3. The number of esters is 1. The Kier molecular flexibility index (Phi) is 4.05. The van der Waals surface area contributed by atoms with Crippen LogP contribution in [0.3, 0.4) is 0 Å². The molecule has 0 radical (unpaired) electrons. The van der Waals surface area contributed by atoms with Crippen LogP contribution in [-0.2, 0) is 11.3 Å². The first-order valence-corrected chi connectivity index (χ1v) is 7.06. The van der Waals surface area contributed by atoms with E-state index in [0.717, 1.165) is 16.3 Å². The number of carbonyl (C=O) groups is 1. The molecule has 0 aromatic heterocycles. The van der Waals surface area contributed by atoms with Crippen molar-refractivity contribution in [2.45, 2.75) is 6.61 Å². The van der Waals surface area contributed by atoms with E-state index in [9.17, 15) is 4.79 Å². The molecule has 0 aliphatic carbocycles. The van der Waals surface area contributed by atoms with Gasteiger partial charge in [-0.1, -0.05) is 48.5 Å². The summed E-state index contributed by atoms with van der Waals surface area (Å²) < 4.78 is 10.5. The van der Waals surface area contributed by atoms with E-state index in [1.165, 1.54) is 0 Å². The van der Waals surface area contributed by atoms with Gasteiger partial charge in [0, 0.05) is 0 Å². The normalized spacial score (nSPS) is 10.4. The minimum Gasteiger partial charge on any atom is -0.497 e. The number of carbonyl (C=O) groups excluding carboxylic acids is 1. The molecule has 3 aromatic rings. The first kappa shape index (κ1) is 14.1. The fourth-order valence-electron chi connectivity index (χ4n) is 2.40. The van der Waals surface area contributed by atoms with Gasteiger partial charge in [-0.15, -0.1) is 0 Å². The molecule has 3 nitrogen and oxygen atoms in total. The van der Waals surface area contributed by atoms with Crippen LogP contribution in [0.2, 0.25) is 0 Å². The summed E-state index contributed by atoms with van der Waals surface area (Å²) in [6.45, 7) is 0.247. The maximum absolute atomic E-state index is 12.1. The van der Waals surface area contributed by atoms with Crippen molar-refractivity contribution in [3.8, 4) is 5.75 Å². The summed E-state index contributed by atoms with van der Waals surface area (Å²) in [6.07, 6.45) is 0. The summed E-state index contributed by atoms with van der Waals surface area (Å²) >= 11 is 0. The van der Waals surface area contributed by atoms with Gasteiger partial charge in [-0.2, -0.15) is 0 Å². The minimum absolute atomic E-state index is 0.247. The fraction of sp³-hybridized carbons (Fsp3) is 0.105. The number of rotatable bonds is 4. The highest BCUT2D eigenvalue weighted by molar-refractivity contribution is 5.90. The molecule has 0 bridgehead atoms. The van der Waals surface area contributed by atoms with Crippen molar-refractivity contribution in [1.82, 2.24) is 0 Å². The molecule has 0 atom stereocenters. The standard InChI is InChI=1S/C19H16O3/c1-21-17-10-5-8-15(12-17)19(20)22-13-16-9-4-7-14-6-2-3-11-18(14)16/h2-12H,13H2,1H3. The molecule has 0 aliphatic heterocycles. The minimum atomic E-state index is -0.355. The number of hydrogen-bond donors (Lipinski definition) is 0. The Balaban J connectivity index is 1.77. The fourth-order valence-corrected chi connectivity index (χ4v) is 2.40. The summed E-state index contributed by atoms with van der Waals surface area (Å²) in [5, 5.41) is 2.24. The van der Waals surface area contributed by atoms with Crippen LogP contribution in [-0.4, -0.2) is 13.1 Å². The van der Waals surface area contributed by atoms with Crippen molar-refractivity contribution in [3.05, 3.63) is 77.9 Å². The highest BCUT2D eigenvalue weighted by atomic mass is 16.5. The first-order valence-electron chi connectivity index (χ1n) is 7.06. The zero-order chi connectivity index (χ0) is 15.4. The van der Waals surface area contributed by atoms with Gasteiger partial charge in [0.2, 0.25) is 0 Å². The SMILES string of the molecule is COc1cccc(C(=O)OCc2cccc3ccccc23)c1. The average Bonchev–Trinajstić information content (AvgIpc) is 2.59. The van der Waals surface area contributed by atoms with Crippen LogP contribution in [0.4, 0.5) is 0 Å². The highest BCUT2D eigenvalue weighted by Crippen LogP contribution is 2.20. The molecule has 22 heavy (non-hydrogen) atoms. The van der Waals surface area contributed by atoms with Crippen LogP contribution < -0.4 is 4.74 Å². The average molecular weight is 292 g/mol. The van der Waals surface area contributed by atoms with Crippen molar-refractivity contribution in [2.75, 3.05) is 7.11 Å². The molecule has 0 amide bonds. The lowest BCUT2D eigenvalue weighted by Gasteiger charge is -2.08. The number of benzene rings is 3. The quantitative estimate of drug-likeness (QED) is 0.676. The smallest absolute Gasteiger partial charge is 0.338 e. The zero-order valence-electron chi connectivity index (χ0n) is 12.3. The third-order valence-corrected chi connectivity index (χ3v) is 3.54. The lowest BCUT2D eigenvalue weighted by molar-refractivity contribution is 0.0474. The molecule has 110 valence electrons. The van der Waals surface area contributed by atoms with Gasteiger partial charge in [0.15, 0.2) is 0 Å². The molecule has 3 heteroatoms. The van der Waals surface area contributed by atoms with E-state index in [1.54, 1.807) is 31.4 Å². The number of methoxy groups -OCH3 is 1. The first-order chi connectivity index (χ1) is 10.8. The van der Waals surface area contributed by atoms with Gasteiger partial charge >= 0.3 is 5.97 Å². The van der Waals surface area contributed by atoms with Crippen molar-refractivity contribution in [2.24, 2.45) is 0 Å². The van der Waals surface area contributed by atoms with Gasteiger partial charge in [0.25, 0.3) is 0 Å². The second kappa shape index (κ2) is 6.31. The summed E-state index contributed by atoms with van der Waals surface area (Å²) in [5.74, 6) is 0.284. The van der Waals surface area contributed by atoms with Gasteiger partial charge in [-0.3, -0.25) is 0 Å². The summed E-state index contributed by atoms with van der Waals surface area (Å²) in [5.41, 5.74) is 1.48. The summed E-state index contributed by atoms with van der Waals surface area (Å²) in [6, 6.07) is 21.0. The van der Waals surface area contributed by atoms with E-state index in [-0.39, 0.29) is 12.6 Å². The van der Waals surface area contributed by atoms with E-state index < -0.39 is 0 Å². The van der Waals surface area contributed by atoms with Crippen molar-refractivity contribution in [1.29, 1.82) is 0 Å². The predicted molar refractivity (Wildman–Crippen MR) is 86.1 cm³/mol. The zero-order valence-corrected chi connectivity index (χ0v) is 12.3. The lowest BCUT2D eigenvalue weighted by Crippen LogP contribution is -2.05. The molecule has 0 N–H and O–H groups in total. The van der Waals surface area contributed by atoms with Crippen LogP contribution in [0.5, 0.6) is 5.75 Å². The topological polar surface area (TPSA) is 35.5 Å². The van der Waals surface area contributed by atoms with Gasteiger partial charge in [0.1, 0.15) is 12.4 Å². The second-order valence-electron chi connectivity index (χ2n) is 4.95. The van der Waals surface area contributed by atoms with Crippen LogP contribution in [0.15, 0.2) is 66.7 Å². The van der Waals surface area contributed by atoms with Crippen molar-refractivity contribution < 1.29 is 14.3 Å². The maximum Gasteiger partial charge on any atom is 0.338 e. The van der Waals surface area contributed by atoms with Gasteiger partial charge < -0.3 is 9.47 Å². The van der Waals surface area contributed by atoms with Gasteiger partial charge in [-0.25, -0.2) is 4.79 Å². The van der Waals surface area contributed by atoms with E-state index in [0.29, 0.717) is 11.3 Å².